The summed E-state index contributed by atoms with van der Waals surface area (Å²) in [4.78, 5) is 43.7. The zero-order valence-corrected chi connectivity index (χ0v) is 20.0. The molecule has 1 aliphatic rings. The van der Waals surface area contributed by atoms with Crippen LogP contribution in [-0.2, 0) is 9.59 Å². The van der Waals surface area contributed by atoms with E-state index in [4.69, 9.17) is 9.47 Å². The van der Waals surface area contributed by atoms with Gasteiger partial charge in [-0.25, -0.2) is 0 Å². The number of carbonyl (C=O) groups excluding carboxylic acids is 3. The number of ether oxygens (including phenoxy) is 2. The minimum atomic E-state index is -0.658. The molecule has 0 saturated carbocycles. The molecule has 1 N–H and O–H groups in total. The summed E-state index contributed by atoms with van der Waals surface area (Å²) in [7, 11) is 6.52. The Bertz CT molecular complexity index is 789. The minimum absolute atomic E-state index is 0.0471. The van der Waals surface area contributed by atoms with E-state index in [1.54, 1.807) is 42.1 Å². The molecule has 0 aromatic heterocycles. The first-order chi connectivity index (χ1) is 15.2. The number of carbonyl (C=O) groups is 3. The lowest BCUT2D eigenvalue weighted by Crippen LogP contribution is -2.52. The van der Waals surface area contributed by atoms with E-state index in [9.17, 15) is 14.4 Å². The van der Waals surface area contributed by atoms with E-state index in [2.05, 4.69) is 10.2 Å². The summed E-state index contributed by atoms with van der Waals surface area (Å²) in [5, 5.41) is 2.90. The largest absolute Gasteiger partial charge is 0.497 e. The first kappa shape index (κ1) is 25.5. The summed E-state index contributed by atoms with van der Waals surface area (Å²) >= 11 is 0. The first-order valence-electron chi connectivity index (χ1n) is 10.9. The van der Waals surface area contributed by atoms with Crippen molar-refractivity contribution in [1.29, 1.82) is 0 Å². The Morgan fingerprint density at radius 1 is 1.00 bits per heavy atom. The summed E-state index contributed by atoms with van der Waals surface area (Å²) in [6.45, 7) is 6.66. The van der Waals surface area contributed by atoms with Gasteiger partial charge in [0.2, 0.25) is 11.8 Å². The smallest absolute Gasteiger partial charge is 0.252 e. The lowest BCUT2D eigenvalue weighted by atomic mass is 10.0. The van der Waals surface area contributed by atoms with E-state index in [1.165, 1.54) is 14.2 Å². The maximum absolute atomic E-state index is 13.3. The molecular formula is C23H36N4O5. The lowest BCUT2D eigenvalue weighted by Gasteiger charge is -2.29. The molecule has 0 aliphatic carbocycles. The Balaban J connectivity index is 2.08. The molecule has 32 heavy (non-hydrogen) atoms. The number of likely N-dealkylation sites (N-methyl/N-ethyl adjacent to an activating group) is 1. The molecule has 3 amide bonds. The van der Waals surface area contributed by atoms with E-state index in [1.807, 2.05) is 13.8 Å². The molecule has 9 heteroatoms. The van der Waals surface area contributed by atoms with E-state index in [0.29, 0.717) is 43.2 Å². The highest BCUT2D eigenvalue weighted by molar-refractivity contribution is 5.98. The van der Waals surface area contributed by atoms with Gasteiger partial charge < -0.3 is 24.6 Å². The van der Waals surface area contributed by atoms with Crippen molar-refractivity contribution in [2.75, 3.05) is 61.0 Å². The van der Waals surface area contributed by atoms with Crippen molar-refractivity contribution in [2.24, 2.45) is 5.92 Å². The normalized spacial score (nSPS) is 15.7. The van der Waals surface area contributed by atoms with Crippen molar-refractivity contribution in [3.8, 4) is 11.5 Å². The predicted molar refractivity (Wildman–Crippen MR) is 122 cm³/mol. The molecule has 1 heterocycles. The van der Waals surface area contributed by atoms with Gasteiger partial charge in [0.15, 0.2) is 0 Å². The van der Waals surface area contributed by atoms with Crippen molar-refractivity contribution in [3.63, 3.8) is 0 Å². The number of benzene rings is 1. The van der Waals surface area contributed by atoms with Crippen molar-refractivity contribution in [2.45, 2.75) is 26.3 Å². The molecule has 1 atom stereocenters. The van der Waals surface area contributed by atoms with Crippen LogP contribution in [0.4, 0.5) is 0 Å². The van der Waals surface area contributed by atoms with Crippen LogP contribution in [0.3, 0.4) is 0 Å². The number of amides is 3. The van der Waals surface area contributed by atoms with Crippen molar-refractivity contribution in [1.82, 2.24) is 20.0 Å². The van der Waals surface area contributed by atoms with Gasteiger partial charge in [0, 0.05) is 51.9 Å². The van der Waals surface area contributed by atoms with Crippen LogP contribution in [0.25, 0.3) is 0 Å². The fourth-order valence-electron chi connectivity index (χ4n) is 3.56. The zero-order valence-electron chi connectivity index (χ0n) is 20.0. The maximum atomic E-state index is 13.3. The number of hydrogen-bond acceptors (Lipinski definition) is 6. The van der Waals surface area contributed by atoms with Crippen LogP contribution in [-0.4, -0.2) is 99.5 Å². The molecule has 1 aromatic rings. The van der Waals surface area contributed by atoms with Crippen LogP contribution in [0.5, 0.6) is 11.5 Å². The minimum Gasteiger partial charge on any atom is -0.497 e. The van der Waals surface area contributed by atoms with Crippen LogP contribution < -0.4 is 14.8 Å². The maximum Gasteiger partial charge on any atom is 0.252 e. The second-order valence-electron chi connectivity index (χ2n) is 8.54. The number of nitrogens with one attached hydrogen (secondary N) is 1. The van der Waals surface area contributed by atoms with Gasteiger partial charge in [0.25, 0.3) is 5.91 Å². The number of rotatable bonds is 8. The summed E-state index contributed by atoms with van der Waals surface area (Å²) in [5.74, 6) is 0.495. The van der Waals surface area contributed by atoms with Crippen molar-refractivity contribution >= 4 is 17.7 Å². The molecular weight excluding hydrogens is 412 g/mol. The molecule has 0 bridgehead atoms. The van der Waals surface area contributed by atoms with Crippen LogP contribution in [0.15, 0.2) is 18.2 Å². The fraction of sp³-hybridized carbons (Fsp3) is 0.609. The number of nitrogens with zero attached hydrogens (tertiary/aromatic N) is 3. The van der Waals surface area contributed by atoms with Crippen molar-refractivity contribution in [3.05, 3.63) is 23.8 Å². The highest BCUT2D eigenvalue weighted by Crippen LogP contribution is 2.23. The van der Waals surface area contributed by atoms with Gasteiger partial charge in [-0.15, -0.1) is 0 Å². The Morgan fingerprint density at radius 2 is 1.62 bits per heavy atom. The SMILES string of the molecule is COc1cc(OC)cc(C(=O)NC(C(=O)N2CCCN(CC(=O)N(C)C)CC2)C(C)C)c1. The summed E-state index contributed by atoms with van der Waals surface area (Å²) in [5.41, 5.74) is 0.365. The summed E-state index contributed by atoms with van der Waals surface area (Å²) in [6, 6.07) is 4.26. The Kier molecular flexibility index (Phi) is 9.31. The summed E-state index contributed by atoms with van der Waals surface area (Å²) < 4.78 is 10.5. The van der Waals surface area contributed by atoms with Gasteiger partial charge in [0.05, 0.1) is 20.8 Å². The van der Waals surface area contributed by atoms with Crippen LogP contribution in [0.2, 0.25) is 0 Å². The zero-order chi connectivity index (χ0) is 23.8. The van der Waals surface area contributed by atoms with Gasteiger partial charge in [-0.05, 0) is 24.5 Å². The van der Waals surface area contributed by atoms with Gasteiger partial charge >= 0.3 is 0 Å². The van der Waals surface area contributed by atoms with Gasteiger partial charge in [-0.2, -0.15) is 0 Å². The van der Waals surface area contributed by atoms with Crippen LogP contribution >= 0.6 is 0 Å². The van der Waals surface area contributed by atoms with E-state index in [0.717, 1.165) is 13.0 Å². The summed E-state index contributed by atoms with van der Waals surface area (Å²) in [6.07, 6.45) is 0.776. The van der Waals surface area contributed by atoms with Crippen LogP contribution in [0.1, 0.15) is 30.6 Å². The van der Waals surface area contributed by atoms with Crippen molar-refractivity contribution < 1.29 is 23.9 Å². The van der Waals surface area contributed by atoms with Gasteiger partial charge in [-0.1, -0.05) is 13.8 Å². The molecule has 0 spiro atoms. The highest BCUT2D eigenvalue weighted by Gasteiger charge is 2.30. The quantitative estimate of drug-likeness (QED) is 0.640. The second kappa shape index (κ2) is 11.7. The third kappa shape index (κ3) is 6.85. The number of methoxy groups -OCH3 is 2. The molecule has 9 nitrogen and oxygen atoms in total. The molecule has 1 aromatic carbocycles. The Labute approximate surface area is 190 Å². The second-order valence-corrected chi connectivity index (χ2v) is 8.54. The average molecular weight is 449 g/mol. The molecule has 0 radical (unpaired) electrons. The fourth-order valence-corrected chi connectivity index (χ4v) is 3.56. The van der Waals surface area contributed by atoms with Gasteiger partial charge in [0.1, 0.15) is 17.5 Å². The van der Waals surface area contributed by atoms with E-state index in [-0.39, 0.29) is 23.6 Å². The van der Waals surface area contributed by atoms with E-state index < -0.39 is 6.04 Å². The molecule has 1 unspecified atom stereocenters. The molecule has 178 valence electrons. The Morgan fingerprint density at radius 3 is 2.16 bits per heavy atom. The first-order valence-corrected chi connectivity index (χ1v) is 10.9. The number of hydrogen-bond donors (Lipinski definition) is 1. The molecule has 1 saturated heterocycles. The average Bonchev–Trinajstić information content (AvgIpc) is 3.01. The Hall–Kier alpha value is -2.81. The highest BCUT2D eigenvalue weighted by atomic mass is 16.5. The third-order valence-electron chi connectivity index (χ3n) is 5.59. The third-order valence-corrected chi connectivity index (χ3v) is 5.59. The van der Waals surface area contributed by atoms with Gasteiger partial charge in [-0.3, -0.25) is 19.3 Å². The topological polar surface area (TPSA) is 91.4 Å². The molecule has 1 fully saturated rings. The predicted octanol–water partition coefficient (Wildman–Crippen LogP) is 1.08. The van der Waals surface area contributed by atoms with Crippen LogP contribution in [0, 0.1) is 5.92 Å². The molecule has 1 aliphatic heterocycles. The molecule has 2 rings (SSSR count). The monoisotopic (exact) mass is 448 g/mol. The van der Waals surface area contributed by atoms with E-state index >= 15 is 0 Å². The standard InChI is InChI=1S/C23H36N4O5/c1-16(2)21(24-22(29)17-12-18(31-5)14-19(13-17)32-6)23(30)27-9-7-8-26(10-11-27)15-20(28)25(3)4/h12-14,16,21H,7-11,15H2,1-6H3,(H,24,29). The lowest BCUT2D eigenvalue weighted by molar-refractivity contribution is -0.134.